The van der Waals surface area contributed by atoms with Gasteiger partial charge in [0.15, 0.2) is 0 Å². The van der Waals surface area contributed by atoms with Crippen LogP contribution >= 0.6 is 11.3 Å². The van der Waals surface area contributed by atoms with Gasteiger partial charge in [0.2, 0.25) is 0 Å². The van der Waals surface area contributed by atoms with Gasteiger partial charge in [-0.2, -0.15) is 0 Å². The third-order valence-corrected chi connectivity index (χ3v) is 4.90. The molecule has 0 bridgehead atoms. The van der Waals surface area contributed by atoms with Crippen LogP contribution in [0.1, 0.15) is 44.1 Å². The number of nitrogens with one attached hydrogen (secondary N) is 1. The van der Waals surface area contributed by atoms with Gasteiger partial charge >= 0.3 is 0 Å². The zero-order valence-corrected chi connectivity index (χ0v) is 12.2. The second kappa shape index (κ2) is 7.14. The summed E-state index contributed by atoms with van der Waals surface area (Å²) in [6.07, 6.45) is 3.43. The van der Waals surface area contributed by atoms with Gasteiger partial charge in [-0.25, -0.2) is 0 Å². The van der Waals surface area contributed by atoms with E-state index in [4.69, 9.17) is 5.73 Å². The number of hydrogen-bond acceptors (Lipinski definition) is 3. The van der Waals surface area contributed by atoms with Crippen LogP contribution in [0.25, 0.3) is 0 Å². The molecule has 0 atom stereocenters. The second-order valence-corrected chi connectivity index (χ2v) is 5.74. The molecule has 0 aromatic carbocycles. The highest BCUT2D eigenvalue weighted by Crippen LogP contribution is 2.24. The van der Waals surface area contributed by atoms with Crippen LogP contribution in [0.2, 0.25) is 0 Å². The maximum atomic E-state index is 5.91. The summed E-state index contributed by atoms with van der Waals surface area (Å²) in [6, 6.07) is 2.23. The van der Waals surface area contributed by atoms with Gasteiger partial charge in [-0.1, -0.05) is 20.8 Å². The van der Waals surface area contributed by atoms with E-state index >= 15 is 0 Å². The number of hydrogen-bond donors (Lipinski definition) is 2. The highest BCUT2D eigenvalue weighted by molar-refractivity contribution is 7.10. The summed E-state index contributed by atoms with van der Waals surface area (Å²) in [5.41, 5.74) is 7.67. The Bertz CT molecular complexity index is 308. The zero-order valence-electron chi connectivity index (χ0n) is 11.4. The predicted octanol–water partition coefficient (Wildman–Crippen LogP) is 3.17. The van der Waals surface area contributed by atoms with E-state index < -0.39 is 0 Å². The van der Waals surface area contributed by atoms with Gasteiger partial charge in [0, 0.05) is 18.0 Å². The molecule has 0 saturated carbocycles. The van der Waals surface area contributed by atoms with Crippen molar-refractivity contribution in [2.24, 2.45) is 11.1 Å². The Labute approximate surface area is 110 Å². The molecular weight excluding hydrogens is 228 g/mol. The van der Waals surface area contributed by atoms with E-state index in [1.165, 1.54) is 10.4 Å². The van der Waals surface area contributed by atoms with E-state index in [1.54, 1.807) is 0 Å². The Kier molecular flexibility index (Phi) is 6.17. The second-order valence-electron chi connectivity index (χ2n) is 4.74. The maximum Gasteiger partial charge on any atom is 0.0302 e. The monoisotopic (exact) mass is 254 g/mol. The van der Waals surface area contributed by atoms with Crippen LogP contribution in [-0.4, -0.2) is 13.1 Å². The topological polar surface area (TPSA) is 38.0 Å². The van der Waals surface area contributed by atoms with Gasteiger partial charge in [0.1, 0.15) is 0 Å². The highest BCUT2D eigenvalue weighted by atomic mass is 32.1. The molecule has 17 heavy (non-hydrogen) atoms. The minimum atomic E-state index is 0.281. The SMILES string of the molecule is CCc1ccsc1CNCC(CC)(CC)CN. The maximum absolute atomic E-state index is 5.91. The van der Waals surface area contributed by atoms with Crippen LogP contribution in [0, 0.1) is 5.41 Å². The van der Waals surface area contributed by atoms with Gasteiger partial charge in [0.05, 0.1) is 0 Å². The fraction of sp³-hybridized carbons (Fsp3) is 0.714. The van der Waals surface area contributed by atoms with Crippen LogP contribution < -0.4 is 11.1 Å². The Hall–Kier alpha value is -0.380. The van der Waals surface area contributed by atoms with E-state index in [1.807, 2.05) is 11.3 Å². The molecule has 1 aromatic heterocycles. The van der Waals surface area contributed by atoms with Crippen molar-refractivity contribution in [3.63, 3.8) is 0 Å². The third kappa shape index (κ3) is 3.80. The summed E-state index contributed by atoms with van der Waals surface area (Å²) in [5.74, 6) is 0. The van der Waals surface area contributed by atoms with Crippen LogP contribution in [0.15, 0.2) is 11.4 Å². The predicted molar refractivity (Wildman–Crippen MR) is 77.5 cm³/mol. The van der Waals surface area contributed by atoms with Crippen LogP contribution in [0.4, 0.5) is 0 Å². The third-order valence-electron chi connectivity index (χ3n) is 3.94. The Balaban J connectivity index is 2.46. The van der Waals surface area contributed by atoms with Gasteiger partial charge < -0.3 is 11.1 Å². The number of nitrogens with two attached hydrogens (primary N) is 1. The average molecular weight is 254 g/mol. The first-order chi connectivity index (χ1) is 8.21. The zero-order chi connectivity index (χ0) is 12.7. The number of rotatable bonds is 8. The molecule has 1 rings (SSSR count). The first-order valence-corrected chi connectivity index (χ1v) is 7.55. The molecule has 3 heteroatoms. The van der Waals surface area contributed by atoms with E-state index in [-0.39, 0.29) is 5.41 Å². The van der Waals surface area contributed by atoms with Crippen molar-refractivity contribution in [2.45, 2.75) is 46.6 Å². The van der Waals surface area contributed by atoms with Crippen molar-refractivity contribution in [2.75, 3.05) is 13.1 Å². The molecule has 3 N–H and O–H groups in total. The van der Waals surface area contributed by atoms with Crippen LogP contribution in [0.3, 0.4) is 0 Å². The van der Waals surface area contributed by atoms with E-state index in [0.29, 0.717) is 0 Å². The summed E-state index contributed by atoms with van der Waals surface area (Å²) >= 11 is 1.85. The van der Waals surface area contributed by atoms with E-state index in [9.17, 15) is 0 Å². The molecule has 2 nitrogen and oxygen atoms in total. The van der Waals surface area contributed by atoms with Crippen molar-refractivity contribution < 1.29 is 0 Å². The molecular formula is C14H26N2S. The molecule has 0 spiro atoms. The normalized spacial score (nSPS) is 12.0. The average Bonchev–Trinajstić information content (AvgIpc) is 2.83. The molecule has 98 valence electrons. The fourth-order valence-electron chi connectivity index (χ4n) is 2.14. The molecule has 0 fully saturated rings. The summed E-state index contributed by atoms with van der Waals surface area (Å²) in [5, 5.41) is 5.77. The molecule has 0 saturated heterocycles. The largest absolute Gasteiger partial charge is 0.330 e. The lowest BCUT2D eigenvalue weighted by atomic mass is 9.82. The van der Waals surface area contributed by atoms with Gasteiger partial charge in [-0.15, -0.1) is 11.3 Å². The van der Waals surface area contributed by atoms with Crippen molar-refractivity contribution in [3.05, 3.63) is 21.9 Å². The summed E-state index contributed by atoms with van der Waals surface area (Å²) in [6.45, 7) is 9.48. The lowest BCUT2D eigenvalue weighted by Gasteiger charge is -2.30. The molecule has 0 aliphatic carbocycles. The van der Waals surface area contributed by atoms with Gasteiger partial charge in [-0.05, 0) is 48.2 Å². The van der Waals surface area contributed by atoms with Gasteiger partial charge in [0.25, 0.3) is 0 Å². The Morgan fingerprint density at radius 1 is 1.29 bits per heavy atom. The molecule has 1 heterocycles. The molecule has 0 aliphatic heterocycles. The fourth-order valence-corrected chi connectivity index (χ4v) is 3.08. The minimum Gasteiger partial charge on any atom is -0.330 e. The van der Waals surface area contributed by atoms with E-state index in [2.05, 4.69) is 37.5 Å². The first-order valence-electron chi connectivity index (χ1n) is 6.67. The molecule has 0 unspecified atom stereocenters. The Morgan fingerprint density at radius 2 is 2.00 bits per heavy atom. The Morgan fingerprint density at radius 3 is 2.53 bits per heavy atom. The minimum absolute atomic E-state index is 0.281. The van der Waals surface area contributed by atoms with Crippen molar-refractivity contribution >= 4 is 11.3 Å². The lowest BCUT2D eigenvalue weighted by molar-refractivity contribution is 0.259. The smallest absolute Gasteiger partial charge is 0.0302 e. The van der Waals surface area contributed by atoms with Crippen molar-refractivity contribution in [3.8, 4) is 0 Å². The molecule has 0 radical (unpaired) electrons. The summed E-state index contributed by atoms with van der Waals surface area (Å²) in [4.78, 5) is 1.48. The summed E-state index contributed by atoms with van der Waals surface area (Å²) < 4.78 is 0. The van der Waals surface area contributed by atoms with Gasteiger partial charge in [-0.3, -0.25) is 0 Å². The van der Waals surface area contributed by atoms with Crippen LogP contribution in [0.5, 0.6) is 0 Å². The number of thiophene rings is 1. The van der Waals surface area contributed by atoms with Crippen LogP contribution in [-0.2, 0) is 13.0 Å². The number of aryl methyl sites for hydroxylation is 1. The van der Waals surface area contributed by atoms with Crippen molar-refractivity contribution in [1.29, 1.82) is 0 Å². The summed E-state index contributed by atoms with van der Waals surface area (Å²) in [7, 11) is 0. The highest BCUT2D eigenvalue weighted by Gasteiger charge is 2.23. The quantitative estimate of drug-likeness (QED) is 0.748. The van der Waals surface area contributed by atoms with E-state index in [0.717, 1.165) is 38.9 Å². The molecule has 1 aromatic rings. The first kappa shape index (κ1) is 14.7. The molecule has 0 aliphatic rings. The van der Waals surface area contributed by atoms with Crippen molar-refractivity contribution in [1.82, 2.24) is 5.32 Å². The standard InChI is InChI=1S/C14H26N2S/c1-4-12-7-8-17-13(12)9-16-11-14(5-2,6-3)10-15/h7-8,16H,4-6,9-11,15H2,1-3H3. The molecule has 0 amide bonds. The lowest BCUT2D eigenvalue weighted by Crippen LogP contribution is -2.39.